The number of nitrogens with one attached hydrogen (secondary N) is 1. The summed E-state index contributed by atoms with van der Waals surface area (Å²) in [7, 11) is 0. The van der Waals surface area contributed by atoms with Crippen LogP contribution < -0.4 is 5.32 Å². The second-order valence-electron chi connectivity index (χ2n) is 4.54. The molecule has 0 atom stereocenters. The molecular formula is C14H17BrN2. The lowest BCUT2D eigenvalue weighted by molar-refractivity contribution is 0.590. The minimum atomic E-state index is 0.547. The normalized spacial score (nSPS) is 11.3. The molecule has 90 valence electrons. The fraction of sp³-hybridized carbons (Fsp3) is 0.357. The standard InChI is InChI=1S/C14H17BrN2/c1-10(2)16-6-5-11-3-4-14-12(7-11)8-13(15)9-17-14/h3-4,7-10,16H,5-6H2,1-2H3. The van der Waals surface area contributed by atoms with Crippen LogP contribution >= 0.6 is 15.9 Å². The monoisotopic (exact) mass is 292 g/mol. The first-order chi connectivity index (χ1) is 8.15. The predicted octanol–water partition coefficient (Wildman–Crippen LogP) is 3.54. The van der Waals surface area contributed by atoms with Crippen molar-refractivity contribution in [2.75, 3.05) is 6.54 Å². The van der Waals surface area contributed by atoms with Gasteiger partial charge in [0, 0.05) is 22.1 Å². The summed E-state index contributed by atoms with van der Waals surface area (Å²) in [6.45, 7) is 5.35. The number of benzene rings is 1. The number of rotatable bonds is 4. The van der Waals surface area contributed by atoms with E-state index in [9.17, 15) is 0 Å². The number of hydrogen-bond donors (Lipinski definition) is 1. The van der Waals surface area contributed by atoms with Crippen molar-refractivity contribution in [1.29, 1.82) is 0 Å². The molecular weight excluding hydrogens is 276 g/mol. The van der Waals surface area contributed by atoms with Crippen molar-refractivity contribution in [2.24, 2.45) is 0 Å². The molecule has 2 rings (SSSR count). The van der Waals surface area contributed by atoms with Crippen molar-refractivity contribution in [3.63, 3.8) is 0 Å². The number of pyridine rings is 1. The Morgan fingerprint density at radius 2 is 2.12 bits per heavy atom. The maximum Gasteiger partial charge on any atom is 0.0703 e. The van der Waals surface area contributed by atoms with Crippen LogP contribution in [0, 0.1) is 0 Å². The summed E-state index contributed by atoms with van der Waals surface area (Å²) in [6, 6.07) is 9.13. The van der Waals surface area contributed by atoms with E-state index in [0.717, 1.165) is 23.0 Å². The molecule has 0 radical (unpaired) electrons. The van der Waals surface area contributed by atoms with Crippen LogP contribution in [0.2, 0.25) is 0 Å². The Balaban J connectivity index is 2.13. The second kappa shape index (κ2) is 5.61. The van der Waals surface area contributed by atoms with E-state index in [1.165, 1.54) is 10.9 Å². The van der Waals surface area contributed by atoms with Crippen LogP contribution in [0.4, 0.5) is 0 Å². The summed E-state index contributed by atoms with van der Waals surface area (Å²) < 4.78 is 1.03. The Labute approximate surface area is 111 Å². The minimum absolute atomic E-state index is 0.547. The predicted molar refractivity (Wildman–Crippen MR) is 76.3 cm³/mol. The van der Waals surface area contributed by atoms with Gasteiger partial charge < -0.3 is 5.32 Å². The van der Waals surface area contributed by atoms with Gasteiger partial charge in [-0.25, -0.2) is 0 Å². The fourth-order valence-corrected chi connectivity index (χ4v) is 2.16. The molecule has 1 aromatic carbocycles. The van der Waals surface area contributed by atoms with Crippen LogP contribution in [0.1, 0.15) is 19.4 Å². The molecule has 1 aromatic heterocycles. The number of hydrogen-bond acceptors (Lipinski definition) is 2. The molecule has 2 nitrogen and oxygen atoms in total. The topological polar surface area (TPSA) is 24.9 Å². The van der Waals surface area contributed by atoms with E-state index in [2.05, 4.69) is 64.3 Å². The van der Waals surface area contributed by atoms with Gasteiger partial charge in [0.15, 0.2) is 0 Å². The lowest BCUT2D eigenvalue weighted by Crippen LogP contribution is -2.24. The van der Waals surface area contributed by atoms with Crippen LogP contribution in [0.15, 0.2) is 34.9 Å². The maximum absolute atomic E-state index is 4.37. The molecule has 0 aliphatic carbocycles. The van der Waals surface area contributed by atoms with E-state index in [0.29, 0.717) is 6.04 Å². The van der Waals surface area contributed by atoms with Crippen LogP contribution in [0.5, 0.6) is 0 Å². The van der Waals surface area contributed by atoms with Crippen molar-refractivity contribution in [3.8, 4) is 0 Å². The summed E-state index contributed by atoms with van der Waals surface area (Å²) >= 11 is 3.45. The van der Waals surface area contributed by atoms with Crippen LogP contribution in [0.3, 0.4) is 0 Å². The highest BCUT2D eigenvalue weighted by atomic mass is 79.9. The number of nitrogens with zero attached hydrogens (tertiary/aromatic N) is 1. The molecule has 1 heterocycles. The SMILES string of the molecule is CC(C)NCCc1ccc2ncc(Br)cc2c1. The number of aromatic nitrogens is 1. The smallest absolute Gasteiger partial charge is 0.0703 e. The Bertz CT molecular complexity index is 509. The minimum Gasteiger partial charge on any atom is -0.314 e. The van der Waals surface area contributed by atoms with Gasteiger partial charge in [-0.2, -0.15) is 0 Å². The summed E-state index contributed by atoms with van der Waals surface area (Å²) in [4.78, 5) is 4.37. The Kier molecular flexibility index (Phi) is 4.13. The first-order valence-corrected chi connectivity index (χ1v) is 6.72. The van der Waals surface area contributed by atoms with E-state index in [1.807, 2.05) is 6.20 Å². The highest BCUT2D eigenvalue weighted by molar-refractivity contribution is 9.10. The first kappa shape index (κ1) is 12.5. The average molecular weight is 293 g/mol. The largest absolute Gasteiger partial charge is 0.314 e. The van der Waals surface area contributed by atoms with Crippen molar-refractivity contribution in [3.05, 3.63) is 40.5 Å². The summed E-state index contributed by atoms with van der Waals surface area (Å²) in [5.41, 5.74) is 2.40. The molecule has 0 unspecified atom stereocenters. The second-order valence-corrected chi connectivity index (χ2v) is 5.46. The summed E-state index contributed by atoms with van der Waals surface area (Å²) in [5.74, 6) is 0. The molecule has 17 heavy (non-hydrogen) atoms. The van der Waals surface area contributed by atoms with E-state index in [1.54, 1.807) is 0 Å². The van der Waals surface area contributed by atoms with Gasteiger partial charge in [-0.15, -0.1) is 0 Å². The van der Waals surface area contributed by atoms with E-state index < -0.39 is 0 Å². The fourth-order valence-electron chi connectivity index (χ4n) is 1.81. The summed E-state index contributed by atoms with van der Waals surface area (Å²) in [6.07, 6.45) is 2.89. The zero-order valence-corrected chi connectivity index (χ0v) is 11.8. The highest BCUT2D eigenvalue weighted by Crippen LogP contribution is 2.18. The van der Waals surface area contributed by atoms with Crippen LogP contribution in [-0.4, -0.2) is 17.6 Å². The van der Waals surface area contributed by atoms with Crippen LogP contribution in [0.25, 0.3) is 10.9 Å². The van der Waals surface area contributed by atoms with E-state index >= 15 is 0 Å². The van der Waals surface area contributed by atoms with Crippen molar-refractivity contribution < 1.29 is 0 Å². The Morgan fingerprint density at radius 3 is 2.88 bits per heavy atom. The van der Waals surface area contributed by atoms with Gasteiger partial charge in [-0.05, 0) is 52.7 Å². The molecule has 2 aromatic rings. The molecule has 0 fully saturated rings. The number of halogens is 1. The third-order valence-electron chi connectivity index (χ3n) is 2.68. The lowest BCUT2D eigenvalue weighted by Gasteiger charge is -2.08. The quantitative estimate of drug-likeness (QED) is 0.932. The van der Waals surface area contributed by atoms with Gasteiger partial charge >= 0.3 is 0 Å². The molecule has 0 aliphatic heterocycles. The summed E-state index contributed by atoms with van der Waals surface area (Å²) in [5, 5.41) is 4.62. The number of fused-ring (bicyclic) bond motifs is 1. The molecule has 1 N–H and O–H groups in total. The van der Waals surface area contributed by atoms with Crippen molar-refractivity contribution >= 4 is 26.8 Å². The average Bonchev–Trinajstić information content (AvgIpc) is 2.28. The highest BCUT2D eigenvalue weighted by Gasteiger charge is 1.99. The zero-order valence-electron chi connectivity index (χ0n) is 10.2. The molecule has 0 aliphatic rings. The molecule has 0 bridgehead atoms. The van der Waals surface area contributed by atoms with Gasteiger partial charge in [-0.3, -0.25) is 4.98 Å². The van der Waals surface area contributed by atoms with E-state index in [4.69, 9.17) is 0 Å². The van der Waals surface area contributed by atoms with Crippen molar-refractivity contribution in [2.45, 2.75) is 26.3 Å². The Morgan fingerprint density at radius 1 is 1.29 bits per heavy atom. The van der Waals surface area contributed by atoms with Gasteiger partial charge in [-0.1, -0.05) is 19.9 Å². The van der Waals surface area contributed by atoms with Gasteiger partial charge in [0.25, 0.3) is 0 Å². The van der Waals surface area contributed by atoms with Crippen molar-refractivity contribution in [1.82, 2.24) is 10.3 Å². The zero-order chi connectivity index (χ0) is 12.3. The molecule has 0 spiro atoms. The third-order valence-corrected chi connectivity index (χ3v) is 3.11. The van der Waals surface area contributed by atoms with Gasteiger partial charge in [0.05, 0.1) is 5.52 Å². The molecule has 0 amide bonds. The lowest BCUT2D eigenvalue weighted by atomic mass is 10.1. The Hall–Kier alpha value is -0.930. The van der Waals surface area contributed by atoms with E-state index in [-0.39, 0.29) is 0 Å². The third kappa shape index (κ3) is 3.51. The first-order valence-electron chi connectivity index (χ1n) is 5.93. The van der Waals surface area contributed by atoms with Crippen LogP contribution in [-0.2, 0) is 6.42 Å². The maximum atomic E-state index is 4.37. The molecule has 0 saturated carbocycles. The molecule has 3 heteroatoms. The molecule has 0 saturated heterocycles. The van der Waals surface area contributed by atoms with Gasteiger partial charge in [0.1, 0.15) is 0 Å². The van der Waals surface area contributed by atoms with Gasteiger partial charge in [0.2, 0.25) is 0 Å².